The van der Waals surface area contributed by atoms with Crippen LogP contribution in [0.5, 0.6) is 11.5 Å². The number of hydrogen-bond acceptors (Lipinski definition) is 6. The van der Waals surface area contributed by atoms with Crippen LogP contribution in [-0.2, 0) is 11.2 Å². The molecule has 0 radical (unpaired) electrons. The summed E-state index contributed by atoms with van der Waals surface area (Å²) in [7, 11) is 1.46. The van der Waals surface area contributed by atoms with Crippen molar-refractivity contribution in [2.75, 3.05) is 7.11 Å². The van der Waals surface area contributed by atoms with E-state index in [-0.39, 0.29) is 5.56 Å². The molecule has 0 spiro atoms. The number of methoxy groups -OCH3 is 1. The highest BCUT2D eigenvalue weighted by molar-refractivity contribution is 9.10. The number of aliphatic carboxylic acids is 1. The summed E-state index contributed by atoms with van der Waals surface area (Å²) in [6.45, 7) is 3.44. The monoisotopic (exact) mass is 487 g/mol. The number of hydrogen-bond donors (Lipinski definition) is 1. The van der Waals surface area contributed by atoms with Gasteiger partial charge in [-0.3, -0.25) is 4.79 Å². The third-order valence-corrected chi connectivity index (χ3v) is 5.00. The van der Waals surface area contributed by atoms with E-state index in [0.717, 1.165) is 10.9 Å². The van der Waals surface area contributed by atoms with Crippen LogP contribution < -0.4 is 15.0 Å². The van der Waals surface area contributed by atoms with Gasteiger partial charge in [0.25, 0.3) is 5.56 Å². The Hall–Kier alpha value is -3.20. The number of nitrogens with zero attached hydrogens (tertiary/aromatic N) is 3. The summed E-state index contributed by atoms with van der Waals surface area (Å²) in [4.78, 5) is 28.7. The third kappa shape index (κ3) is 5.11. The van der Waals surface area contributed by atoms with Crippen LogP contribution in [0.15, 0.2) is 50.8 Å². The van der Waals surface area contributed by atoms with Gasteiger partial charge < -0.3 is 14.6 Å². The summed E-state index contributed by atoms with van der Waals surface area (Å²) in [5.41, 5.74) is 1.02. The van der Waals surface area contributed by atoms with Crippen molar-refractivity contribution in [2.45, 2.75) is 32.8 Å². The highest BCUT2D eigenvalue weighted by Crippen LogP contribution is 2.28. The van der Waals surface area contributed by atoms with Crippen LogP contribution in [-0.4, -0.2) is 40.2 Å². The maximum atomic E-state index is 13.0. The molecule has 0 bridgehead atoms. The van der Waals surface area contributed by atoms with Gasteiger partial charge >= 0.3 is 5.97 Å². The molecule has 0 saturated carbocycles. The first-order valence-corrected chi connectivity index (χ1v) is 10.5. The number of carboxylic acid groups (broad SMARTS) is 1. The van der Waals surface area contributed by atoms with E-state index in [2.05, 4.69) is 26.0 Å². The molecule has 1 N–H and O–H groups in total. The van der Waals surface area contributed by atoms with Crippen LogP contribution in [0, 0.1) is 0 Å². The fourth-order valence-electron chi connectivity index (χ4n) is 2.93. The van der Waals surface area contributed by atoms with Crippen molar-refractivity contribution in [3.05, 3.63) is 62.6 Å². The van der Waals surface area contributed by atoms with Crippen molar-refractivity contribution in [3.63, 3.8) is 0 Å². The largest absolute Gasteiger partial charge is 0.493 e. The van der Waals surface area contributed by atoms with E-state index in [0.29, 0.717) is 40.2 Å². The Morgan fingerprint density at radius 1 is 1.29 bits per heavy atom. The van der Waals surface area contributed by atoms with Crippen molar-refractivity contribution < 1.29 is 19.4 Å². The second kappa shape index (κ2) is 9.74. The van der Waals surface area contributed by atoms with Crippen molar-refractivity contribution in [2.24, 2.45) is 5.10 Å². The molecular weight excluding hydrogens is 466 g/mol. The number of benzene rings is 2. The number of carboxylic acids is 1. The molecule has 3 rings (SSSR count). The minimum Gasteiger partial charge on any atom is -0.493 e. The number of halogens is 1. The Balaban J connectivity index is 2.00. The molecule has 0 saturated heterocycles. The Kier molecular flexibility index (Phi) is 7.06. The van der Waals surface area contributed by atoms with Crippen molar-refractivity contribution in [1.82, 2.24) is 9.66 Å². The number of aromatic nitrogens is 2. The Morgan fingerprint density at radius 2 is 2.06 bits per heavy atom. The molecule has 1 atom stereocenters. The maximum absolute atomic E-state index is 13.0. The summed E-state index contributed by atoms with van der Waals surface area (Å²) in [5.74, 6) is 0.154. The maximum Gasteiger partial charge on any atom is 0.344 e. The second-order valence-corrected chi connectivity index (χ2v) is 7.73. The topological polar surface area (TPSA) is 103 Å². The highest BCUT2D eigenvalue weighted by atomic mass is 79.9. The van der Waals surface area contributed by atoms with Crippen LogP contribution in [0.25, 0.3) is 10.9 Å². The average molecular weight is 488 g/mol. The first kappa shape index (κ1) is 22.5. The number of ether oxygens (including phenoxy) is 2. The van der Waals surface area contributed by atoms with E-state index in [4.69, 9.17) is 14.6 Å². The SMILES string of the molecule is CCCc1nc2ccc(Br)cc2c(=O)n1N=Cc1ccc(O[C@H](C)C(=O)O)c(OC)c1. The minimum atomic E-state index is -1.08. The number of rotatable bonds is 8. The Labute approximate surface area is 187 Å². The van der Waals surface area contributed by atoms with Crippen LogP contribution in [0.1, 0.15) is 31.7 Å². The number of aryl methyl sites for hydroxylation is 1. The molecule has 8 nitrogen and oxygen atoms in total. The lowest BCUT2D eigenvalue weighted by Gasteiger charge is -2.14. The second-order valence-electron chi connectivity index (χ2n) is 6.81. The van der Waals surface area contributed by atoms with Gasteiger partial charge in [-0.05, 0) is 55.3 Å². The van der Waals surface area contributed by atoms with E-state index >= 15 is 0 Å². The lowest BCUT2D eigenvalue weighted by Crippen LogP contribution is -2.23. The number of carbonyl (C=O) groups is 1. The minimum absolute atomic E-state index is 0.256. The van der Waals surface area contributed by atoms with Gasteiger partial charge in [0.15, 0.2) is 17.6 Å². The van der Waals surface area contributed by atoms with E-state index in [1.165, 1.54) is 24.9 Å². The Bertz CT molecular complexity index is 1210. The quantitative estimate of drug-likeness (QED) is 0.484. The lowest BCUT2D eigenvalue weighted by molar-refractivity contribution is -0.144. The molecule has 2 aromatic carbocycles. The molecule has 0 aliphatic heterocycles. The van der Waals surface area contributed by atoms with E-state index in [1.807, 2.05) is 13.0 Å². The van der Waals surface area contributed by atoms with Crippen LogP contribution >= 0.6 is 15.9 Å². The highest BCUT2D eigenvalue weighted by Gasteiger charge is 2.16. The van der Waals surface area contributed by atoms with Gasteiger partial charge in [0.1, 0.15) is 5.82 Å². The molecule has 0 fully saturated rings. The van der Waals surface area contributed by atoms with Gasteiger partial charge in [0.2, 0.25) is 0 Å². The van der Waals surface area contributed by atoms with E-state index in [1.54, 1.807) is 30.3 Å². The molecule has 3 aromatic rings. The average Bonchev–Trinajstić information content (AvgIpc) is 2.75. The summed E-state index contributed by atoms with van der Waals surface area (Å²) >= 11 is 3.39. The van der Waals surface area contributed by atoms with Crippen LogP contribution in [0.2, 0.25) is 0 Å². The van der Waals surface area contributed by atoms with Gasteiger partial charge in [-0.15, -0.1) is 0 Å². The molecule has 31 heavy (non-hydrogen) atoms. The lowest BCUT2D eigenvalue weighted by atomic mass is 10.2. The number of fused-ring (bicyclic) bond motifs is 1. The van der Waals surface area contributed by atoms with Crippen molar-refractivity contribution in [1.29, 1.82) is 0 Å². The molecule has 1 heterocycles. The van der Waals surface area contributed by atoms with Gasteiger partial charge in [-0.25, -0.2) is 9.78 Å². The normalized spacial score (nSPS) is 12.3. The molecule has 0 aliphatic carbocycles. The van der Waals surface area contributed by atoms with Gasteiger partial charge in [-0.1, -0.05) is 22.9 Å². The summed E-state index contributed by atoms with van der Waals surface area (Å²) in [6.07, 6.45) is 1.92. The van der Waals surface area contributed by atoms with E-state index < -0.39 is 12.1 Å². The summed E-state index contributed by atoms with van der Waals surface area (Å²) in [5, 5.41) is 13.9. The van der Waals surface area contributed by atoms with Gasteiger partial charge in [0.05, 0.1) is 24.2 Å². The zero-order valence-corrected chi connectivity index (χ0v) is 18.9. The Morgan fingerprint density at radius 3 is 2.74 bits per heavy atom. The molecule has 0 amide bonds. The predicted octanol–water partition coefficient (Wildman–Crippen LogP) is 3.85. The standard InChI is InChI=1S/C22H22BrN3O5/c1-4-5-20-25-17-8-7-15(23)11-16(17)21(27)26(20)24-12-14-6-9-18(19(10-14)30-3)31-13(2)22(28)29/h6-13H,4-5H2,1-3H3,(H,28,29)/t13-/m1/s1. The molecule has 0 unspecified atom stereocenters. The third-order valence-electron chi connectivity index (χ3n) is 4.51. The van der Waals surface area contributed by atoms with E-state index in [9.17, 15) is 9.59 Å². The fraction of sp³-hybridized carbons (Fsp3) is 0.273. The van der Waals surface area contributed by atoms with Crippen LogP contribution in [0.4, 0.5) is 0 Å². The predicted molar refractivity (Wildman–Crippen MR) is 121 cm³/mol. The first-order chi connectivity index (χ1) is 14.8. The molecular formula is C22H22BrN3O5. The fourth-order valence-corrected chi connectivity index (χ4v) is 3.29. The first-order valence-electron chi connectivity index (χ1n) is 9.67. The molecule has 1 aromatic heterocycles. The van der Waals surface area contributed by atoms with Gasteiger partial charge in [-0.2, -0.15) is 9.78 Å². The molecule has 162 valence electrons. The zero-order chi connectivity index (χ0) is 22.5. The smallest absolute Gasteiger partial charge is 0.344 e. The summed E-state index contributed by atoms with van der Waals surface area (Å²) < 4.78 is 12.8. The summed E-state index contributed by atoms with van der Waals surface area (Å²) in [6, 6.07) is 10.3. The van der Waals surface area contributed by atoms with Crippen LogP contribution in [0.3, 0.4) is 0 Å². The van der Waals surface area contributed by atoms with Gasteiger partial charge in [0, 0.05) is 10.9 Å². The molecule has 0 aliphatic rings. The van der Waals surface area contributed by atoms with Crippen molar-refractivity contribution >= 4 is 39.0 Å². The molecule has 9 heteroatoms. The zero-order valence-electron chi connectivity index (χ0n) is 17.3. The van der Waals surface area contributed by atoms with Crippen molar-refractivity contribution in [3.8, 4) is 11.5 Å².